The Hall–Kier alpha value is -1.58. The van der Waals surface area contributed by atoms with Gasteiger partial charge in [-0.3, -0.25) is 9.59 Å². The van der Waals surface area contributed by atoms with Gasteiger partial charge in [-0.1, -0.05) is 5.75 Å². The second-order valence-electron chi connectivity index (χ2n) is 2.95. The van der Waals surface area contributed by atoms with E-state index in [0.29, 0.717) is 5.69 Å². The van der Waals surface area contributed by atoms with E-state index in [9.17, 15) is 14.7 Å². The Kier molecular flexibility index (Phi) is 2.23. The Bertz CT molecular complexity index is 418. The number of carbonyl (C=O) groups is 1. The van der Waals surface area contributed by atoms with Crippen molar-refractivity contribution < 1.29 is 9.90 Å². The second-order valence-corrected chi connectivity index (χ2v) is 2.95. The molecule has 1 aromatic heterocycles. The molecule has 0 N–H and O–H groups in total. The number of ketones is 1. The van der Waals surface area contributed by atoms with Gasteiger partial charge in [0.05, 0.1) is 5.56 Å². The third-order valence-corrected chi connectivity index (χ3v) is 1.99. The number of carbonyl (C=O) groups excluding carboxylic acids is 1. The summed E-state index contributed by atoms with van der Waals surface area (Å²) in [6.07, 6.45) is 0. The quantitative estimate of drug-likeness (QED) is 0.570. The molecule has 0 aromatic carbocycles. The Morgan fingerprint density at radius 2 is 2.08 bits per heavy atom. The maximum atomic E-state index is 11.4. The van der Waals surface area contributed by atoms with Crippen LogP contribution in [0.5, 0.6) is 5.75 Å². The fourth-order valence-electron chi connectivity index (χ4n) is 1.12. The van der Waals surface area contributed by atoms with Gasteiger partial charge in [-0.25, -0.2) is 0 Å². The van der Waals surface area contributed by atoms with Crippen molar-refractivity contribution >= 4 is 5.78 Å². The normalized spacial score (nSPS) is 10.1. The van der Waals surface area contributed by atoms with E-state index in [0.717, 1.165) is 0 Å². The molecule has 0 bridgehead atoms. The minimum absolute atomic E-state index is 0.256. The second kappa shape index (κ2) is 3.05. The molecule has 0 atom stereocenters. The Labute approximate surface area is 75.4 Å². The van der Waals surface area contributed by atoms with Gasteiger partial charge in [0, 0.05) is 12.7 Å². The van der Waals surface area contributed by atoms with Crippen LogP contribution in [0.15, 0.2) is 10.9 Å². The molecule has 0 aliphatic heterocycles. The fourth-order valence-corrected chi connectivity index (χ4v) is 1.12. The molecule has 0 fully saturated rings. The molecule has 0 aliphatic carbocycles. The van der Waals surface area contributed by atoms with Gasteiger partial charge in [0.1, 0.15) is 0 Å². The predicted molar refractivity (Wildman–Crippen MR) is 45.9 cm³/mol. The van der Waals surface area contributed by atoms with Gasteiger partial charge < -0.3 is 9.67 Å². The number of aromatic nitrogens is 1. The number of Topliss-reactive ketones (excluding diaryl/α,β-unsaturated/α-hetero) is 1. The van der Waals surface area contributed by atoms with Crippen LogP contribution in [-0.4, -0.2) is 10.4 Å². The highest BCUT2D eigenvalue weighted by molar-refractivity contribution is 5.96. The van der Waals surface area contributed by atoms with Gasteiger partial charge in [-0.15, -0.1) is 0 Å². The van der Waals surface area contributed by atoms with Crippen molar-refractivity contribution in [3.63, 3.8) is 0 Å². The summed E-state index contributed by atoms with van der Waals surface area (Å²) in [6.45, 7) is 2.86. The van der Waals surface area contributed by atoms with Crippen LogP contribution in [0.3, 0.4) is 0 Å². The highest BCUT2D eigenvalue weighted by Crippen LogP contribution is 2.10. The van der Waals surface area contributed by atoms with Crippen molar-refractivity contribution in [1.82, 2.24) is 4.57 Å². The number of aryl methyl sites for hydroxylation is 1. The van der Waals surface area contributed by atoms with E-state index < -0.39 is 17.1 Å². The molecular weight excluding hydrogens is 170 g/mol. The van der Waals surface area contributed by atoms with Crippen molar-refractivity contribution in [3.05, 3.63) is 27.7 Å². The van der Waals surface area contributed by atoms with E-state index in [2.05, 4.69) is 0 Å². The first-order valence-electron chi connectivity index (χ1n) is 3.83. The van der Waals surface area contributed by atoms with Crippen molar-refractivity contribution in [3.8, 4) is 5.75 Å². The van der Waals surface area contributed by atoms with Crippen LogP contribution >= 0.6 is 0 Å². The molecule has 4 nitrogen and oxygen atoms in total. The van der Waals surface area contributed by atoms with Gasteiger partial charge in [0.25, 0.3) is 5.56 Å². The van der Waals surface area contributed by atoms with Crippen LogP contribution in [0.1, 0.15) is 23.0 Å². The average molecular weight is 180 g/mol. The number of hydrogen-bond acceptors (Lipinski definition) is 3. The molecule has 0 radical (unpaired) electrons. The number of hydrogen-bond donors (Lipinski definition) is 0. The van der Waals surface area contributed by atoms with Crippen molar-refractivity contribution in [2.75, 3.05) is 0 Å². The summed E-state index contributed by atoms with van der Waals surface area (Å²) in [5.41, 5.74) is -0.217. The van der Waals surface area contributed by atoms with Gasteiger partial charge in [-0.05, 0) is 19.9 Å². The predicted octanol–water partition coefficient (Wildman–Crippen LogP) is -0.0301. The molecule has 0 aliphatic rings. The van der Waals surface area contributed by atoms with E-state index in [1.165, 1.54) is 24.6 Å². The molecule has 1 aromatic rings. The maximum Gasteiger partial charge on any atom is 0.260 e. The molecule has 0 spiro atoms. The van der Waals surface area contributed by atoms with Crippen LogP contribution < -0.4 is 10.7 Å². The third kappa shape index (κ3) is 1.47. The van der Waals surface area contributed by atoms with Gasteiger partial charge in [0.15, 0.2) is 5.78 Å². The topological polar surface area (TPSA) is 62.1 Å². The average Bonchev–Trinajstić information content (AvgIpc) is 1.99. The van der Waals surface area contributed by atoms with Crippen LogP contribution in [-0.2, 0) is 7.05 Å². The summed E-state index contributed by atoms with van der Waals surface area (Å²) in [7, 11) is 1.53. The largest absolute Gasteiger partial charge is 0.872 e. The summed E-state index contributed by atoms with van der Waals surface area (Å²) >= 11 is 0. The van der Waals surface area contributed by atoms with Crippen LogP contribution in [0.25, 0.3) is 0 Å². The fraction of sp³-hybridized carbons (Fsp3) is 0.333. The van der Waals surface area contributed by atoms with Crippen LogP contribution in [0.2, 0.25) is 0 Å². The summed E-state index contributed by atoms with van der Waals surface area (Å²) in [6, 6.07) is 1.29. The minimum atomic E-state index is -0.516. The lowest BCUT2D eigenvalue weighted by molar-refractivity contribution is -0.269. The van der Waals surface area contributed by atoms with Crippen LogP contribution in [0.4, 0.5) is 0 Å². The SMILES string of the molecule is CC(=O)c1c([O-])cc(C)n(C)c1=O. The standard InChI is InChI=1S/C9H11NO3/c1-5-4-7(12)8(6(2)11)9(13)10(5)3/h4,12H,1-3H3/p-1. The zero-order valence-electron chi connectivity index (χ0n) is 7.75. The lowest BCUT2D eigenvalue weighted by atomic mass is 10.1. The minimum Gasteiger partial charge on any atom is -0.872 e. The molecule has 0 saturated carbocycles. The number of rotatable bonds is 1. The zero-order chi connectivity index (χ0) is 10.2. The van der Waals surface area contributed by atoms with Crippen molar-refractivity contribution in [2.24, 2.45) is 7.05 Å². The van der Waals surface area contributed by atoms with E-state index in [1.54, 1.807) is 6.92 Å². The van der Waals surface area contributed by atoms with Gasteiger partial charge in [-0.2, -0.15) is 0 Å². The molecular formula is C9H10NO3-. The molecule has 0 saturated heterocycles. The number of nitrogens with zero attached hydrogens (tertiary/aromatic N) is 1. The molecule has 0 amide bonds. The van der Waals surface area contributed by atoms with Gasteiger partial charge >= 0.3 is 0 Å². The molecule has 4 heteroatoms. The van der Waals surface area contributed by atoms with E-state index in [-0.39, 0.29) is 5.56 Å². The van der Waals surface area contributed by atoms with E-state index in [4.69, 9.17) is 0 Å². The monoisotopic (exact) mass is 180 g/mol. The van der Waals surface area contributed by atoms with Crippen molar-refractivity contribution in [1.29, 1.82) is 0 Å². The maximum absolute atomic E-state index is 11.4. The van der Waals surface area contributed by atoms with E-state index in [1.807, 2.05) is 0 Å². The summed E-state index contributed by atoms with van der Waals surface area (Å²) < 4.78 is 1.29. The first kappa shape index (κ1) is 9.51. The summed E-state index contributed by atoms with van der Waals surface area (Å²) in [5, 5.41) is 11.2. The molecule has 13 heavy (non-hydrogen) atoms. The molecule has 1 heterocycles. The summed E-state index contributed by atoms with van der Waals surface area (Å²) in [4.78, 5) is 22.3. The highest BCUT2D eigenvalue weighted by Gasteiger charge is 2.08. The smallest absolute Gasteiger partial charge is 0.260 e. The lowest BCUT2D eigenvalue weighted by Gasteiger charge is -2.13. The Morgan fingerprint density at radius 1 is 1.54 bits per heavy atom. The molecule has 0 unspecified atom stereocenters. The first-order valence-corrected chi connectivity index (χ1v) is 3.83. The lowest BCUT2D eigenvalue weighted by Crippen LogP contribution is -2.26. The highest BCUT2D eigenvalue weighted by atomic mass is 16.3. The van der Waals surface area contributed by atoms with Gasteiger partial charge in [0.2, 0.25) is 0 Å². The molecule has 1 rings (SSSR count). The number of pyridine rings is 1. The third-order valence-electron chi connectivity index (χ3n) is 1.99. The summed E-state index contributed by atoms with van der Waals surface area (Å²) in [5.74, 6) is -0.973. The van der Waals surface area contributed by atoms with E-state index >= 15 is 0 Å². The zero-order valence-corrected chi connectivity index (χ0v) is 7.75. The Morgan fingerprint density at radius 3 is 2.54 bits per heavy atom. The first-order chi connectivity index (χ1) is 5.95. The Balaban J connectivity index is 3.63. The molecule has 70 valence electrons. The van der Waals surface area contributed by atoms with Crippen LogP contribution in [0, 0.1) is 6.92 Å². The van der Waals surface area contributed by atoms with Crippen molar-refractivity contribution in [2.45, 2.75) is 13.8 Å².